The van der Waals surface area contributed by atoms with Crippen LogP contribution in [0.25, 0.3) is 44.1 Å². The quantitative estimate of drug-likeness (QED) is 0.272. The molecule has 0 unspecified atom stereocenters. The van der Waals surface area contributed by atoms with E-state index in [1.807, 2.05) is 0 Å². The van der Waals surface area contributed by atoms with Crippen molar-refractivity contribution in [2.45, 2.75) is 52.4 Å². The summed E-state index contributed by atoms with van der Waals surface area (Å²) < 4.78 is 0. The van der Waals surface area contributed by atoms with Crippen LogP contribution in [0.15, 0.2) is 85.2 Å². The largest absolute Gasteiger partial charge is 0.236 e. The first-order valence-electron chi connectivity index (χ1n) is 12.0. The smallest absolute Gasteiger partial charge is 0.116 e. The molecule has 0 atom stereocenters. The van der Waals surface area contributed by atoms with Crippen molar-refractivity contribution in [3.63, 3.8) is 0 Å². The Labute approximate surface area is 202 Å². The SMILES string of the molecule is CC(C)(C)c1cc(-c2cc(-c3cc(C(C)(C)C)c4ccccc4c3)ncn2)cc2ccccc12. The average Bonchev–Trinajstić information content (AvgIpc) is 2.81. The Morgan fingerprint density at radius 1 is 0.500 bits per heavy atom. The fourth-order valence-electron chi connectivity index (χ4n) is 4.83. The predicted octanol–water partition coefficient (Wildman–Crippen LogP) is 8.71. The number of nitrogens with zero attached hydrogens (tertiary/aromatic N) is 2. The van der Waals surface area contributed by atoms with Gasteiger partial charge in [-0.1, -0.05) is 90.1 Å². The Kier molecular flexibility index (Phi) is 5.28. The summed E-state index contributed by atoms with van der Waals surface area (Å²) in [7, 11) is 0. The Morgan fingerprint density at radius 3 is 1.32 bits per heavy atom. The van der Waals surface area contributed by atoms with E-state index in [0.29, 0.717) is 0 Å². The van der Waals surface area contributed by atoms with Crippen LogP contribution in [-0.2, 0) is 10.8 Å². The van der Waals surface area contributed by atoms with Gasteiger partial charge in [0.05, 0.1) is 11.4 Å². The van der Waals surface area contributed by atoms with Gasteiger partial charge in [-0.15, -0.1) is 0 Å². The van der Waals surface area contributed by atoms with E-state index in [1.165, 1.54) is 32.7 Å². The van der Waals surface area contributed by atoms with Crippen LogP contribution in [0.4, 0.5) is 0 Å². The lowest BCUT2D eigenvalue weighted by Gasteiger charge is -2.23. The van der Waals surface area contributed by atoms with Crippen molar-refractivity contribution in [2.75, 3.05) is 0 Å². The number of aromatic nitrogens is 2. The van der Waals surface area contributed by atoms with E-state index in [0.717, 1.165) is 22.5 Å². The highest BCUT2D eigenvalue weighted by Gasteiger charge is 2.20. The van der Waals surface area contributed by atoms with Crippen LogP contribution >= 0.6 is 0 Å². The lowest BCUT2D eigenvalue weighted by molar-refractivity contribution is 0.596. The molecule has 0 aliphatic carbocycles. The van der Waals surface area contributed by atoms with Crippen molar-refractivity contribution in [3.05, 3.63) is 96.3 Å². The van der Waals surface area contributed by atoms with E-state index < -0.39 is 0 Å². The van der Waals surface area contributed by atoms with Crippen molar-refractivity contribution in [2.24, 2.45) is 0 Å². The molecule has 0 aliphatic rings. The zero-order valence-electron chi connectivity index (χ0n) is 21.0. The summed E-state index contributed by atoms with van der Waals surface area (Å²) in [5, 5.41) is 5.09. The fourth-order valence-corrected chi connectivity index (χ4v) is 4.83. The topological polar surface area (TPSA) is 25.8 Å². The van der Waals surface area contributed by atoms with Gasteiger partial charge in [0.1, 0.15) is 6.33 Å². The maximum atomic E-state index is 4.69. The van der Waals surface area contributed by atoms with Crippen LogP contribution in [0.1, 0.15) is 52.7 Å². The van der Waals surface area contributed by atoms with Gasteiger partial charge in [0.15, 0.2) is 0 Å². The summed E-state index contributed by atoms with van der Waals surface area (Å²) in [6, 6.07) is 28.5. The Morgan fingerprint density at radius 2 is 0.912 bits per heavy atom. The molecule has 0 bridgehead atoms. The third kappa shape index (κ3) is 4.09. The van der Waals surface area contributed by atoms with Crippen LogP contribution in [0.5, 0.6) is 0 Å². The van der Waals surface area contributed by atoms with Crippen LogP contribution in [0.2, 0.25) is 0 Å². The first kappa shape index (κ1) is 22.3. The number of fused-ring (bicyclic) bond motifs is 2. The molecule has 1 aromatic heterocycles. The second kappa shape index (κ2) is 8.06. The maximum Gasteiger partial charge on any atom is 0.116 e. The Balaban J connectivity index is 1.69. The molecule has 2 heteroatoms. The summed E-state index contributed by atoms with van der Waals surface area (Å²) in [5.74, 6) is 0. The molecule has 0 N–H and O–H groups in total. The van der Waals surface area contributed by atoms with Gasteiger partial charge in [-0.2, -0.15) is 0 Å². The van der Waals surface area contributed by atoms with Gasteiger partial charge >= 0.3 is 0 Å². The monoisotopic (exact) mass is 444 g/mol. The lowest BCUT2D eigenvalue weighted by atomic mass is 9.82. The molecule has 0 spiro atoms. The van der Waals surface area contributed by atoms with Crippen molar-refractivity contribution in [3.8, 4) is 22.5 Å². The molecule has 0 radical (unpaired) electrons. The molecule has 0 amide bonds. The average molecular weight is 445 g/mol. The van der Waals surface area contributed by atoms with Crippen molar-refractivity contribution >= 4 is 21.5 Å². The zero-order chi connectivity index (χ0) is 24.1. The minimum Gasteiger partial charge on any atom is -0.236 e. The van der Waals surface area contributed by atoms with E-state index in [1.54, 1.807) is 6.33 Å². The Hall–Kier alpha value is -3.52. The minimum atomic E-state index is 0.0332. The summed E-state index contributed by atoms with van der Waals surface area (Å²) in [5.41, 5.74) is 6.89. The number of hydrogen-bond acceptors (Lipinski definition) is 2. The molecular weight excluding hydrogens is 412 g/mol. The van der Waals surface area contributed by atoms with E-state index >= 15 is 0 Å². The van der Waals surface area contributed by atoms with Gasteiger partial charge in [-0.25, -0.2) is 9.97 Å². The number of benzene rings is 4. The molecule has 0 saturated carbocycles. The highest BCUT2D eigenvalue weighted by Crippen LogP contribution is 2.37. The second-order valence-electron chi connectivity index (χ2n) is 11.3. The molecule has 1 heterocycles. The predicted molar refractivity (Wildman–Crippen MR) is 145 cm³/mol. The van der Waals surface area contributed by atoms with Gasteiger partial charge in [-0.05, 0) is 73.8 Å². The van der Waals surface area contributed by atoms with Gasteiger partial charge in [0.2, 0.25) is 0 Å². The van der Waals surface area contributed by atoms with Gasteiger partial charge < -0.3 is 0 Å². The van der Waals surface area contributed by atoms with Crippen molar-refractivity contribution < 1.29 is 0 Å². The standard InChI is InChI=1S/C32H32N2/c1-31(2,3)27-17-23(15-21-11-7-9-13-25(21)27)29-19-30(34-20-33-29)24-16-22-12-8-10-14-26(22)28(18-24)32(4,5)6/h7-20H,1-6H3. The highest BCUT2D eigenvalue weighted by atomic mass is 14.8. The fraction of sp³-hybridized carbons (Fsp3) is 0.250. The van der Waals surface area contributed by atoms with Crippen LogP contribution < -0.4 is 0 Å². The highest BCUT2D eigenvalue weighted by molar-refractivity contribution is 5.92. The molecule has 34 heavy (non-hydrogen) atoms. The molecular formula is C32H32N2. The summed E-state index contributed by atoms with van der Waals surface area (Å²) >= 11 is 0. The van der Waals surface area contributed by atoms with Crippen LogP contribution in [0, 0.1) is 0 Å². The van der Waals surface area contributed by atoms with Gasteiger partial charge in [-0.3, -0.25) is 0 Å². The minimum absolute atomic E-state index is 0.0332. The molecule has 0 aliphatic heterocycles. The number of rotatable bonds is 2. The third-order valence-electron chi connectivity index (χ3n) is 6.60. The molecule has 0 fully saturated rings. The van der Waals surface area contributed by atoms with Crippen LogP contribution in [-0.4, -0.2) is 9.97 Å². The summed E-state index contributed by atoms with van der Waals surface area (Å²) in [4.78, 5) is 9.38. The molecule has 170 valence electrons. The van der Waals surface area contributed by atoms with Gasteiger partial charge in [0.25, 0.3) is 0 Å². The second-order valence-corrected chi connectivity index (χ2v) is 11.3. The summed E-state index contributed by atoms with van der Waals surface area (Å²) in [6.45, 7) is 13.6. The number of hydrogen-bond donors (Lipinski definition) is 0. The van der Waals surface area contributed by atoms with E-state index in [4.69, 9.17) is 0 Å². The van der Waals surface area contributed by atoms with Crippen molar-refractivity contribution in [1.82, 2.24) is 9.97 Å². The van der Waals surface area contributed by atoms with Crippen LogP contribution in [0.3, 0.4) is 0 Å². The third-order valence-corrected chi connectivity index (χ3v) is 6.60. The van der Waals surface area contributed by atoms with E-state index in [-0.39, 0.29) is 10.8 Å². The van der Waals surface area contributed by atoms with Crippen molar-refractivity contribution in [1.29, 1.82) is 0 Å². The lowest BCUT2D eigenvalue weighted by Crippen LogP contribution is -2.12. The van der Waals surface area contributed by atoms with Gasteiger partial charge in [0, 0.05) is 11.1 Å². The summed E-state index contributed by atoms with van der Waals surface area (Å²) in [6.07, 6.45) is 1.70. The molecule has 5 aromatic rings. The molecule has 5 rings (SSSR count). The van der Waals surface area contributed by atoms with E-state index in [2.05, 4.69) is 130 Å². The molecule has 2 nitrogen and oxygen atoms in total. The molecule has 0 saturated heterocycles. The maximum absolute atomic E-state index is 4.69. The first-order chi connectivity index (χ1) is 16.1. The molecule has 4 aromatic carbocycles. The Bertz CT molecular complexity index is 1400. The zero-order valence-corrected chi connectivity index (χ0v) is 21.0. The van der Waals surface area contributed by atoms with E-state index in [9.17, 15) is 0 Å². The normalized spacial score (nSPS) is 12.4. The first-order valence-corrected chi connectivity index (χ1v) is 12.0.